The number of amides is 2. The van der Waals surface area contributed by atoms with E-state index in [0.29, 0.717) is 6.54 Å². The van der Waals surface area contributed by atoms with E-state index < -0.39 is 12.1 Å². The lowest BCUT2D eigenvalue weighted by molar-refractivity contribution is -0.133. The summed E-state index contributed by atoms with van der Waals surface area (Å²) in [6, 6.07) is 8.95. The molecule has 0 spiro atoms. The number of likely N-dealkylation sites (tertiary alicyclic amines) is 1. The van der Waals surface area contributed by atoms with Crippen molar-refractivity contribution < 1.29 is 14.3 Å². The molecule has 1 N–H and O–H groups in total. The van der Waals surface area contributed by atoms with Crippen molar-refractivity contribution in [1.82, 2.24) is 15.1 Å². The molecule has 1 aromatic carbocycles. The van der Waals surface area contributed by atoms with E-state index in [0.717, 1.165) is 31.6 Å². The summed E-state index contributed by atoms with van der Waals surface area (Å²) in [4.78, 5) is 29.2. The van der Waals surface area contributed by atoms with E-state index in [1.54, 1.807) is 4.90 Å². The summed E-state index contributed by atoms with van der Waals surface area (Å²) in [5, 5.41) is 2.78. The van der Waals surface area contributed by atoms with Crippen molar-refractivity contribution in [3.05, 3.63) is 35.9 Å². The number of alkyl carbamates (subject to hydrolysis) is 1. The van der Waals surface area contributed by atoms with E-state index in [2.05, 4.69) is 10.2 Å². The maximum absolute atomic E-state index is 12.9. The Bertz CT molecular complexity index is 588. The van der Waals surface area contributed by atoms with Gasteiger partial charge in [0.15, 0.2) is 0 Å². The zero-order valence-corrected chi connectivity index (χ0v) is 16.8. The number of nitrogens with zero attached hydrogens (tertiary/aromatic N) is 2. The molecule has 6 nitrogen and oxygen atoms in total. The highest BCUT2D eigenvalue weighted by atomic mass is 16.5. The lowest BCUT2D eigenvalue weighted by Gasteiger charge is -2.29. The van der Waals surface area contributed by atoms with Gasteiger partial charge in [0.05, 0.1) is 0 Å². The SMILES string of the molecule is CC[C@H](C)[C@H](NC(=O)OCc1ccccc1)C(=O)N(C)CCN1CCCC1. The van der Waals surface area contributed by atoms with Gasteiger partial charge in [-0.25, -0.2) is 4.79 Å². The molecule has 0 saturated carbocycles. The molecule has 2 amide bonds. The average Bonchev–Trinajstić information content (AvgIpc) is 3.22. The van der Waals surface area contributed by atoms with Crippen LogP contribution < -0.4 is 5.32 Å². The zero-order chi connectivity index (χ0) is 19.6. The standard InChI is InChI=1S/C21H33N3O3/c1-4-17(2)19(20(25)23(3)14-15-24-12-8-9-13-24)22-21(26)27-16-18-10-6-5-7-11-18/h5-7,10-11,17,19H,4,8-9,12-16H2,1-3H3,(H,22,26)/t17-,19-/m0/s1. The van der Waals surface area contributed by atoms with Gasteiger partial charge >= 0.3 is 6.09 Å². The van der Waals surface area contributed by atoms with Crippen LogP contribution in [0.15, 0.2) is 30.3 Å². The van der Waals surface area contributed by atoms with Crippen molar-refractivity contribution in [3.63, 3.8) is 0 Å². The van der Waals surface area contributed by atoms with Gasteiger partial charge in [0.25, 0.3) is 0 Å². The molecule has 0 bridgehead atoms. The van der Waals surface area contributed by atoms with Gasteiger partial charge in [-0.2, -0.15) is 0 Å². The molecular formula is C21H33N3O3. The summed E-state index contributed by atoms with van der Waals surface area (Å²) in [6.07, 6.45) is 2.73. The molecule has 1 heterocycles. The quantitative estimate of drug-likeness (QED) is 0.721. The molecule has 0 aromatic heterocycles. The van der Waals surface area contributed by atoms with Crippen LogP contribution in [0.5, 0.6) is 0 Å². The first-order valence-corrected chi connectivity index (χ1v) is 9.95. The molecule has 1 aliphatic heterocycles. The highest BCUT2D eigenvalue weighted by molar-refractivity contribution is 5.85. The molecule has 1 aromatic rings. The predicted molar refractivity (Wildman–Crippen MR) is 106 cm³/mol. The predicted octanol–water partition coefficient (Wildman–Crippen LogP) is 2.88. The Morgan fingerprint density at radius 2 is 1.89 bits per heavy atom. The molecule has 1 aliphatic rings. The summed E-state index contributed by atoms with van der Waals surface area (Å²) in [5.74, 6) is -0.0174. The second-order valence-electron chi connectivity index (χ2n) is 7.38. The van der Waals surface area contributed by atoms with Crippen LogP contribution in [0.4, 0.5) is 4.79 Å². The van der Waals surface area contributed by atoms with Gasteiger partial charge < -0.3 is 19.9 Å². The Balaban J connectivity index is 1.86. The fraction of sp³-hybridized carbons (Fsp3) is 0.619. The van der Waals surface area contributed by atoms with Crippen LogP contribution >= 0.6 is 0 Å². The van der Waals surface area contributed by atoms with Gasteiger partial charge in [-0.05, 0) is 37.4 Å². The topological polar surface area (TPSA) is 61.9 Å². The minimum absolute atomic E-state index is 0.0380. The Labute approximate surface area is 162 Å². The molecule has 27 heavy (non-hydrogen) atoms. The number of hydrogen-bond acceptors (Lipinski definition) is 4. The van der Waals surface area contributed by atoms with Crippen LogP contribution in [0.3, 0.4) is 0 Å². The first-order chi connectivity index (χ1) is 13.0. The van der Waals surface area contributed by atoms with Crippen molar-refractivity contribution in [3.8, 4) is 0 Å². The summed E-state index contributed by atoms with van der Waals surface area (Å²) in [6.45, 7) is 7.97. The van der Waals surface area contributed by atoms with Crippen molar-refractivity contribution in [1.29, 1.82) is 0 Å². The second-order valence-corrected chi connectivity index (χ2v) is 7.38. The average molecular weight is 376 g/mol. The maximum atomic E-state index is 12.9. The third-order valence-corrected chi connectivity index (χ3v) is 5.29. The lowest BCUT2D eigenvalue weighted by Crippen LogP contribution is -2.51. The van der Waals surface area contributed by atoms with Gasteiger partial charge in [-0.15, -0.1) is 0 Å². The number of ether oxygens (including phenoxy) is 1. The molecule has 6 heteroatoms. The summed E-state index contributed by atoms with van der Waals surface area (Å²) in [5.41, 5.74) is 0.918. The minimum Gasteiger partial charge on any atom is -0.445 e. The van der Waals surface area contributed by atoms with Crippen molar-refractivity contribution in [2.24, 2.45) is 5.92 Å². The van der Waals surface area contributed by atoms with Crippen LogP contribution in [-0.4, -0.2) is 61.1 Å². The number of carbonyl (C=O) groups excluding carboxylic acids is 2. The second kappa shape index (κ2) is 10.9. The summed E-state index contributed by atoms with van der Waals surface area (Å²) >= 11 is 0. The van der Waals surface area contributed by atoms with E-state index in [9.17, 15) is 9.59 Å². The van der Waals surface area contributed by atoms with Gasteiger partial charge in [0, 0.05) is 20.1 Å². The van der Waals surface area contributed by atoms with E-state index in [1.165, 1.54) is 12.8 Å². The summed E-state index contributed by atoms with van der Waals surface area (Å²) < 4.78 is 5.30. The maximum Gasteiger partial charge on any atom is 0.408 e. The number of benzene rings is 1. The Morgan fingerprint density at radius 1 is 1.22 bits per heavy atom. The highest BCUT2D eigenvalue weighted by Crippen LogP contribution is 2.12. The van der Waals surface area contributed by atoms with Gasteiger partial charge in [0.1, 0.15) is 12.6 Å². The smallest absolute Gasteiger partial charge is 0.408 e. The van der Waals surface area contributed by atoms with Crippen molar-refractivity contribution in [2.45, 2.75) is 45.8 Å². The third-order valence-electron chi connectivity index (χ3n) is 5.29. The molecule has 2 atom stereocenters. The minimum atomic E-state index is -0.568. The third kappa shape index (κ3) is 6.86. The van der Waals surface area contributed by atoms with Crippen LogP contribution in [0.25, 0.3) is 0 Å². The van der Waals surface area contributed by atoms with E-state index in [-0.39, 0.29) is 18.4 Å². The van der Waals surface area contributed by atoms with Crippen LogP contribution in [-0.2, 0) is 16.1 Å². The molecule has 150 valence electrons. The largest absolute Gasteiger partial charge is 0.445 e. The Hall–Kier alpha value is -2.08. The Morgan fingerprint density at radius 3 is 2.52 bits per heavy atom. The molecule has 1 saturated heterocycles. The molecule has 0 radical (unpaired) electrons. The number of hydrogen-bond donors (Lipinski definition) is 1. The van der Waals surface area contributed by atoms with E-state index >= 15 is 0 Å². The number of carbonyl (C=O) groups is 2. The lowest BCUT2D eigenvalue weighted by atomic mass is 9.98. The van der Waals surface area contributed by atoms with Crippen molar-refractivity contribution in [2.75, 3.05) is 33.2 Å². The van der Waals surface area contributed by atoms with E-state index in [1.807, 2.05) is 51.2 Å². The van der Waals surface area contributed by atoms with E-state index in [4.69, 9.17) is 4.74 Å². The number of nitrogens with one attached hydrogen (secondary N) is 1. The van der Waals surface area contributed by atoms with Crippen LogP contribution in [0.1, 0.15) is 38.7 Å². The van der Waals surface area contributed by atoms with Gasteiger partial charge in [-0.1, -0.05) is 50.6 Å². The van der Waals surface area contributed by atoms with Crippen molar-refractivity contribution >= 4 is 12.0 Å². The number of likely N-dealkylation sites (N-methyl/N-ethyl adjacent to an activating group) is 1. The monoisotopic (exact) mass is 375 g/mol. The van der Waals surface area contributed by atoms with Gasteiger partial charge in [0.2, 0.25) is 5.91 Å². The van der Waals surface area contributed by atoms with Gasteiger partial charge in [-0.3, -0.25) is 4.79 Å². The van der Waals surface area contributed by atoms with Crippen LogP contribution in [0, 0.1) is 5.92 Å². The molecular weight excluding hydrogens is 342 g/mol. The Kier molecular flexibility index (Phi) is 8.58. The first kappa shape index (κ1) is 21.2. The first-order valence-electron chi connectivity index (χ1n) is 9.95. The zero-order valence-electron chi connectivity index (χ0n) is 16.8. The number of rotatable bonds is 9. The fourth-order valence-electron chi connectivity index (χ4n) is 3.22. The fourth-order valence-corrected chi connectivity index (χ4v) is 3.22. The molecule has 0 unspecified atom stereocenters. The molecule has 1 fully saturated rings. The molecule has 0 aliphatic carbocycles. The molecule has 2 rings (SSSR count). The normalized spacial score (nSPS) is 16.6. The van der Waals surface area contributed by atoms with Crippen LogP contribution in [0.2, 0.25) is 0 Å². The summed E-state index contributed by atoms with van der Waals surface area (Å²) in [7, 11) is 1.81. The highest BCUT2D eigenvalue weighted by Gasteiger charge is 2.29.